The zero-order chi connectivity index (χ0) is 18.0. The fourth-order valence-corrected chi connectivity index (χ4v) is 2.59. The van der Waals surface area contributed by atoms with E-state index >= 15 is 0 Å². The van der Waals surface area contributed by atoms with Crippen LogP contribution in [0, 0.1) is 11.8 Å². The van der Waals surface area contributed by atoms with Gasteiger partial charge < -0.3 is 0 Å². The van der Waals surface area contributed by atoms with Crippen molar-refractivity contribution in [3.8, 4) is 11.8 Å². The van der Waals surface area contributed by atoms with E-state index in [1.807, 2.05) is 97.1 Å². The first-order valence-corrected chi connectivity index (χ1v) is 8.42. The first-order valence-electron chi connectivity index (χ1n) is 8.42. The van der Waals surface area contributed by atoms with Gasteiger partial charge in [-0.1, -0.05) is 90.7 Å². The molecule has 3 aromatic carbocycles. The highest BCUT2D eigenvalue weighted by Crippen LogP contribution is 2.24. The molecule has 124 valence electrons. The molecule has 0 N–H and O–H groups in total. The van der Waals surface area contributed by atoms with Gasteiger partial charge in [0.25, 0.3) is 0 Å². The maximum atomic E-state index is 11.3. The summed E-state index contributed by atoms with van der Waals surface area (Å²) in [6, 6.07) is 29.7. The monoisotopic (exact) mass is 334 g/mol. The van der Waals surface area contributed by atoms with Gasteiger partial charge in [-0.15, -0.1) is 0 Å². The number of rotatable bonds is 4. The number of hydrogen-bond donors (Lipinski definition) is 0. The Morgan fingerprint density at radius 1 is 0.731 bits per heavy atom. The molecule has 1 heteroatoms. The Kier molecular flexibility index (Phi) is 5.96. The second-order valence-corrected chi connectivity index (χ2v) is 5.67. The average Bonchev–Trinajstić information content (AvgIpc) is 2.72. The van der Waals surface area contributed by atoms with Gasteiger partial charge in [0.1, 0.15) is 6.29 Å². The maximum absolute atomic E-state index is 11.3. The third kappa shape index (κ3) is 4.69. The average molecular weight is 334 g/mol. The number of benzene rings is 3. The van der Waals surface area contributed by atoms with Crippen LogP contribution in [0.3, 0.4) is 0 Å². The van der Waals surface area contributed by atoms with Crippen LogP contribution in [-0.2, 0) is 4.79 Å². The summed E-state index contributed by atoms with van der Waals surface area (Å²) in [5.74, 6) is 6.45. The largest absolute Gasteiger partial charge is 0.299 e. The van der Waals surface area contributed by atoms with Crippen LogP contribution in [0.2, 0.25) is 0 Å². The van der Waals surface area contributed by atoms with Gasteiger partial charge in [-0.3, -0.25) is 4.79 Å². The topological polar surface area (TPSA) is 17.1 Å². The van der Waals surface area contributed by atoms with Crippen LogP contribution in [-0.4, -0.2) is 6.29 Å². The van der Waals surface area contributed by atoms with Crippen LogP contribution in [0.1, 0.15) is 16.7 Å². The molecular formula is C25H18O. The molecule has 0 fully saturated rings. The van der Waals surface area contributed by atoms with Gasteiger partial charge in [-0.25, -0.2) is 0 Å². The zero-order valence-corrected chi connectivity index (χ0v) is 14.3. The summed E-state index contributed by atoms with van der Waals surface area (Å²) in [4.78, 5) is 11.3. The number of carbonyl (C=O) groups is 1. The number of carbonyl (C=O) groups excluding carboxylic acids is 1. The van der Waals surface area contributed by atoms with Gasteiger partial charge in [-0.05, 0) is 35.4 Å². The zero-order valence-electron chi connectivity index (χ0n) is 14.3. The van der Waals surface area contributed by atoms with Crippen molar-refractivity contribution < 1.29 is 4.79 Å². The van der Waals surface area contributed by atoms with Gasteiger partial charge in [0.15, 0.2) is 0 Å². The molecule has 0 saturated carbocycles. The van der Waals surface area contributed by atoms with Crippen molar-refractivity contribution >= 4 is 17.9 Å². The van der Waals surface area contributed by atoms with E-state index in [4.69, 9.17) is 0 Å². The van der Waals surface area contributed by atoms with Crippen molar-refractivity contribution in [2.45, 2.75) is 0 Å². The van der Waals surface area contributed by atoms with Crippen LogP contribution in [0.5, 0.6) is 0 Å². The van der Waals surface area contributed by atoms with Gasteiger partial charge in [0, 0.05) is 16.7 Å². The van der Waals surface area contributed by atoms with Crippen molar-refractivity contribution in [1.29, 1.82) is 0 Å². The second-order valence-electron chi connectivity index (χ2n) is 5.67. The minimum absolute atomic E-state index is 0.804. The Labute approximate surface area is 154 Å². The molecule has 3 aromatic rings. The van der Waals surface area contributed by atoms with E-state index in [2.05, 4.69) is 11.8 Å². The Balaban J connectivity index is 2.11. The van der Waals surface area contributed by atoms with Gasteiger partial charge in [-0.2, -0.15) is 0 Å². The number of hydrogen-bond acceptors (Lipinski definition) is 1. The Bertz CT molecular complexity index is 970. The molecule has 26 heavy (non-hydrogen) atoms. The molecule has 0 spiro atoms. The van der Waals surface area contributed by atoms with E-state index in [0.717, 1.165) is 34.1 Å². The molecule has 0 amide bonds. The predicted molar refractivity (Wildman–Crippen MR) is 108 cm³/mol. The maximum Gasteiger partial charge on any atom is 0.143 e. The molecule has 0 unspecified atom stereocenters. The molecule has 1 nitrogen and oxygen atoms in total. The molecule has 0 aliphatic rings. The lowest BCUT2D eigenvalue weighted by molar-refractivity contribution is -0.104. The third-order valence-electron chi connectivity index (χ3n) is 3.84. The summed E-state index contributed by atoms with van der Waals surface area (Å²) in [6.45, 7) is 0. The number of allylic oxidation sites excluding steroid dienone is 3. The molecule has 0 aliphatic carbocycles. The Morgan fingerprint density at radius 2 is 1.31 bits per heavy atom. The van der Waals surface area contributed by atoms with Crippen molar-refractivity contribution in [2.24, 2.45) is 0 Å². The Morgan fingerprint density at radius 3 is 1.92 bits per heavy atom. The highest BCUT2D eigenvalue weighted by atomic mass is 16.1. The molecule has 0 aromatic heterocycles. The van der Waals surface area contributed by atoms with E-state index in [0.29, 0.717) is 0 Å². The van der Waals surface area contributed by atoms with Gasteiger partial charge >= 0.3 is 0 Å². The van der Waals surface area contributed by atoms with Crippen molar-refractivity contribution in [3.63, 3.8) is 0 Å². The summed E-state index contributed by atoms with van der Waals surface area (Å²) in [6.07, 6.45) is 4.40. The summed E-state index contributed by atoms with van der Waals surface area (Å²) in [5, 5.41) is 0. The van der Waals surface area contributed by atoms with Crippen LogP contribution >= 0.6 is 0 Å². The van der Waals surface area contributed by atoms with Crippen LogP contribution in [0.25, 0.3) is 11.6 Å². The fourth-order valence-electron chi connectivity index (χ4n) is 2.59. The normalized spacial score (nSPS) is 11.4. The van der Waals surface area contributed by atoms with E-state index in [-0.39, 0.29) is 0 Å². The first-order chi connectivity index (χ1) is 12.9. The molecule has 0 aliphatic heterocycles. The lowest BCUT2D eigenvalue weighted by Crippen LogP contribution is -1.90. The van der Waals surface area contributed by atoms with Crippen LogP contribution in [0.4, 0.5) is 0 Å². The van der Waals surface area contributed by atoms with Crippen molar-refractivity contribution in [2.75, 3.05) is 0 Å². The summed E-state index contributed by atoms with van der Waals surface area (Å²) < 4.78 is 0. The van der Waals surface area contributed by atoms with Crippen molar-refractivity contribution in [3.05, 3.63) is 119 Å². The third-order valence-corrected chi connectivity index (χ3v) is 3.84. The molecular weight excluding hydrogens is 316 g/mol. The van der Waals surface area contributed by atoms with E-state index in [1.54, 1.807) is 6.08 Å². The van der Waals surface area contributed by atoms with Gasteiger partial charge in [0.05, 0.1) is 0 Å². The van der Waals surface area contributed by atoms with Crippen LogP contribution < -0.4 is 0 Å². The molecule has 0 saturated heterocycles. The van der Waals surface area contributed by atoms with E-state index in [1.165, 1.54) is 0 Å². The Hall–Kier alpha value is -3.63. The molecule has 3 rings (SSSR count). The standard InChI is InChI=1S/C25H18O/c26-19-18-25(23-14-8-3-9-15-23)24(20-22-12-6-2-7-13-22)17-16-21-10-4-1-5-11-21/h1-15,18-20H/b24-20+,25-18+. The lowest BCUT2D eigenvalue weighted by Gasteiger charge is -2.07. The van der Waals surface area contributed by atoms with E-state index < -0.39 is 0 Å². The summed E-state index contributed by atoms with van der Waals surface area (Å²) in [7, 11) is 0. The highest BCUT2D eigenvalue weighted by molar-refractivity contribution is 5.95. The molecule has 0 heterocycles. The molecule has 0 radical (unpaired) electrons. The van der Waals surface area contributed by atoms with Gasteiger partial charge in [0.2, 0.25) is 0 Å². The molecule has 0 bridgehead atoms. The summed E-state index contributed by atoms with van der Waals surface area (Å²) in [5.41, 5.74) is 4.55. The first kappa shape index (κ1) is 17.2. The second kappa shape index (κ2) is 9.01. The summed E-state index contributed by atoms with van der Waals surface area (Å²) >= 11 is 0. The fraction of sp³-hybridized carbons (Fsp3) is 0. The SMILES string of the molecule is O=C/C=C(/C(C#Cc1ccccc1)=C/c1ccccc1)c1ccccc1. The number of aldehydes is 1. The quantitative estimate of drug-likeness (QED) is 0.270. The van der Waals surface area contributed by atoms with Crippen molar-refractivity contribution in [1.82, 2.24) is 0 Å². The van der Waals surface area contributed by atoms with Crippen LogP contribution in [0.15, 0.2) is 103 Å². The van der Waals surface area contributed by atoms with E-state index in [9.17, 15) is 4.79 Å². The molecule has 0 atom stereocenters. The minimum atomic E-state index is 0.804. The lowest BCUT2D eigenvalue weighted by atomic mass is 9.95. The predicted octanol–water partition coefficient (Wildman–Crippen LogP) is 5.40. The smallest absolute Gasteiger partial charge is 0.143 e. The highest BCUT2D eigenvalue weighted by Gasteiger charge is 2.06. The minimum Gasteiger partial charge on any atom is -0.299 e.